The lowest BCUT2D eigenvalue weighted by Crippen LogP contribution is -2.47. The maximum atomic E-state index is 10.4. The van der Waals surface area contributed by atoms with Gasteiger partial charge in [0.05, 0.1) is 23.4 Å². The monoisotopic (exact) mass is 322 g/mol. The summed E-state index contributed by atoms with van der Waals surface area (Å²) in [5.41, 5.74) is 2.59. The predicted molar refractivity (Wildman–Crippen MR) is 92.1 cm³/mol. The van der Waals surface area contributed by atoms with Crippen LogP contribution in [-0.2, 0) is 6.54 Å². The maximum absolute atomic E-state index is 10.4. The third-order valence-corrected chi connectivity index (χ3v) is 4.43. The van der Waals surface area contributed by atoms with E-state index < -0.39 is 6.10 Å². The van der Waals surface area contributed by atoms with Gasteiger partial charge in [-0.15, -0.1) is 0 Å². The maximum Gasteiger partial charge on any atom is 0.0991 e. The molecule has 5 nitrogen and oxygen atoms in total. The van der Waals surface area contributed by atoms with Crippen molar-refractivity contribution in [2.45, 2.75) is 12.6 Å². The first kappa shape index (κ1) is 16.6. The number of benzene rings is 1. The van der Waals surface area contributed by atoms with E-state index in [2.05, 4.69) is 26.9 Å². The molecule has 1 unspecified atom stereocenters. The normalized spacial score (nSPS) is 17.3. The van der Waals surface area contributed by atoms with Crippen LogP contribution in [0.25, 0.3) is 0 Å². The summed E-state index contributed by atoms with van der Waals surface area (Å²) in [6, 6.07) is 15.3. The Morgan fingerprint density at radius 1 is 1.04 bits per heavy atom. The molecule has 0 radical (unpaired) electrons. The summed E-state index contributed by atoms with van der Waals surface area (Å²) < 4.78 is 0. The predicted octanol–water partition coefficient (Wildman–Crippen LogP) is 1.80. The van der Waals surface area contributed by atoms with Gasteiger partial charge in [0.25, 0.3) is 0 Å². The quantitative estimate of drug-likeness (QED) is 0.909. The Morgan fingerprint density at radius 3 is 2.38 bits per heavy atom. The Kier molecular flexibility index (Phi) is 5.55. The van der Waals surface area contributed by atoms with Gasteiger partial charge in [-0.05, 0) is 29.8 Å². The smallest absolute Gasteiger partial charge is 0.0991 e. The number of nitriles is 1. The van der Waals surface area contributed by atoms with Crippen LogP contribution in [0.4, 0.5) is 0 Å². The summed E-state index contributed by atoms with van der Waals surface area (Å²) in [5, 5.41) is 19.2. The second kappa shape index (κ2) is 8.02. The Bertz CT molecular complexity index is 673. The number of rotatable bonds is 5. The van der Waals surface area contributed by atoms with E-state index in [0.717, 1.165) is 44.0 Å². The van der Waals surface area contributed by atoms with Crippen molar-refractivity contribution in [1.29, 1.82) is 5.26 Å². The first-order chi connectivity index (χ1) is 11.7. The van der Waals surface area contributed by atoms with E-state index >= 15 is 0 Å². The molecule has 1 aliphatic rings. The molecule has 1 saturated heterocycles. The number of hydrogen-bond donors (Lipinski definition) is 1. The molecule has 2 heterocycles. The minimum Gasteiger partial charge on any atom is -0.387 e. The number of β-amino-alcohol motifs (C(OH)–C–C–N with tert-alkyl or cyclic N) is 1. The van der Waals surface area contributed by atoms with Gasteiger partial charge < -0.3 is 5.11 Å². The van der Waals surface area contributed by atoms with Crippen LogP contribution in [0.2, 0.25) is 0 Å². The molecular formula is C19H22N4O. The zero-order chi connectivity index (χ0) is 16.8. The molecule has 2 aromatic rings. The van der Waals surface area contributed by atoms with Gasteiger partial charge >= 0.3 is 0 Å². The summed E-state index contributed by atoms with van der Waals surface area (Å²) in [6.45, 7) is 5.36. The zero-order valence-electron chi connectivity index (χ0n) is 13.7. The van der Waals surface area contributed by atoms with Crippen molar-refractivity contribution in [1.82, 2.24) is 14.8 Å². The second-order valence-corrected chi connectivity index (χ2v) is 6.15. The molecule has 1 aliphatic heterocycles. The van der Waals surface area contributed by atoms with Gasteiger partial charge in [0, 0.05) is 45.5 Å². The summed E-state index contributed by atoms with van der Waals surface area (Å²) in [4.78, 5) is 9.06. The fourth-order valence-electron chi connectivity index (χ4n) is 2.98. The summed E-state index contributed by atoms with van der Waals surface area (Å²) >= 11 is 0. The van der Waals surface area contributed by atoms with Gasteiger partial charge in [0.1, 0.15) is 0 Å². The molecule has 124 valence electrons. The Balaban J connectivity index is 1.47. The molecule has 24 heavy (non-hydrogen) atoms. The fourth-order valence-corrected chi connectivity index (χ4v) is 2.98. The summed E-state index contributed by atoms with van der Waals surface area (Å²) in [5.74, 6) is 0. The lowest BCUT2D eigenvalue weighted by molar-refractivity contribution is 0.0697. The molecule has 1 aromatic carbocycles. The van der Waals surface area contributed by atoms with Gasteiger partial charge in [-0.25, -0.2) is 0 Å². The molecule has 1 fully saturated rings. The van der Waals surface area contributed by atoms with Crippen molar-refractivity contribution in [3.05, 3.63) is 65.5 Å². The standard InChI is InChI=1S/C19H22N4O/c20-13-16-4-6-17(7-5-16)19(24)15-23-11-9-22(10-12-23)14-18-3-1-2-8-21-18/h1-8,19,24H,9-12,14-15H2. The first-order valence-corrected chi connectivity index (χ1v) is 8.27. The number of pyridine rings is 1. The number of aliphatic hydroxyl groups excluding tert-OH is 1. The van der Waals surface area contributed by atoms with E-state index in [-0.39, 0.29) is 0 Å². The van der Waals surface area contributed by atoms with Crippen molar-refractivity contribution >= 4 is 0 Å². The number of nitrogens with zero attached hydrogens (tertiary/aromatic N) is 4. The largest absolute Gasteiger partial charge is 0.387 e. The Hall–Kier alpha value is -2.26. The van der Waals surface area contributed by atoms with E-state index in [9.17, 15) is 5.11 Å². The van der Waals surface area contributed by atoms with E-state index in [4.69, 9.17) is 5.26 Å². The molecule has 0 bridgehead atoms. The molecule has 1 atom stereocenters. The Morgan fingerprint density at radius 2 is 1.75 bits per heavy atom. The van der Waals surface area contributed by atoms with Crippen LogP contribution in [0.3, 0.4) is 0 Å². The van der Waals surface area contributed by atoms with E-state index in [1.54, 1.807) is 12.1 Å². The average molecular weight is 322 g/mol. The van der Waals surface area contributed by atoms with Crippen molar-refractivity contribution in [2.75, 3.05) is 32.7 Å². The van der Waals surface area contributed by atoms with Crippen molar-refractivity contribution in [2.24, 2.45) is 0 Å². The molecule has 0 saturated carbocycles. The van der Waals surface area contributed by atoms with Crippen LogP contribution in [0.15, 0.2) is 48.7 Å². The number of aliphatic hydroxyl groups is 1. The molecular weight excluding hydrogens is 300 g/mol. The molecule has 3 rings (SSSR count). The zero-order valence-corrected chi connectivity index (χ0v) is 13.7. The summed E-state index contributed by atoms with van der Waals surface area (Å²) in [6.07, 6.45) is 1.32. The van der Waals surface area contributed by atoms with Crippen LogP contribution in [0.5, 0.6) is 0 Å². The number of hydrogen-bond acceptors (Lipinski definition) is 5. The highest BCUT2D eigenvalue weighted by Crippen LogP contribution is 2.16. The van der Waals surface area contributed by atoms with Crippen molar-refractivity contribution in [3.63, 3.8) is 0 Å². The van der Waals surface area contributed by atoms with Gasteiger partial charge in [0.2, 0.25) is 0 Å². The van der Waals surface area contributed by atoms with Gasteiger partial charge in [0.15, 0.2) is 0 Å². The van der Waals surface area contributed by atoms with Crippen molar-refractivity contribution in [3.8, 4) is 6.07 Å². The van der Waals surface area contributed by atoms with Crippen LogP contribution in [-0.4, -0.2) is 52.6 Å². The van der Waals surface area contributed by atoms with Gasteiger partial charge in [-0.2, -0.15) is 5.26 Å². The second-order valence-electron chi connectivity index (χ2n) is 6.15. The average Bonchev–Trinajstić information content (AvgIpc) is 2.64. The first-order valence-electron chi connectivity index (χ1n) is 8.27. The molecule has 0 spiro atoms. The highest BCUT2D eigenvalue weighted by Gasteiger charge is 2.20. The Labute approximate surface area is 142 Å². The fraction of sp³-hybridized carbons (Fsp3) is 0.368. The van der Waals surface area contributed by atoms with Gasteiger partial charge in [-0.3, -0.25) is 14.8 Å². The third kappa shape index (κ3) is 4.39. The van der Waals surface area contributed by atoms with Gasteiger partial charge in [-0.1, -0.05) is 18.2 Å². The van der Waals surface area contributed by atoms with Crippen LogP contribution in [0, 0.1) is 11.3 Å². The number of aromatic nitrogens is 1. The van der Waals surface area contributed by atoms with Crippen LogP contribution < -0.4 is 0 Å². The third-order valence-electron chi connectivity index (χ3n) is 4.43. The molecule has 1 N–H and O–H groups in total. The van der Waals surface area contributed by atoms with Crippen LogP contribution >= 0.6 is 0 Å². The van der Waals surface area contributed by atoms with Crippen molar-refractivity contribution < 1.29 is 5.11 Å². The molecule has 5 heteroatoms. The SMILES string of the molecule is N#Cc1ccc(C(O)CN2CCN(Cc3ccccn3)CC2)cc1. The number of piperazine rings is 1. The minimum absolute atomic E-state index is 0.514. The van der Waals surface area contributed by atoms with E-state index in [1.165, 1.54) is 0 Å². The molecule has 0 amide bonds. The highest BCUT2D eigenvalue weighted by molar-refractivity contribution is 5.32. The lowest BCUT2D eigenvalue weighted by atomic mass is 10.1. The minimum atomic E-state index is -0.514. The van der Waals surface area contributed by atoms with E-state index in [1.807, 2.05) is 30.5 Å². The lowest BCUT2D eigenvalue weighted by Gasteiger charge is -2.35. The topological polar surface area (TPSA) is 63.4 Å². The summed E-state index contributed by atoms with van der Waals surface area (Å²) in [7, 11) is 0. The highest BCUT2D eigenvalue weighted by atomic mass is 16.3. The van der Waals surface area contributed by atoms with E-state index in [0.29, 0.717) is 12.1 Å². The van der Waals surface area contributed by atoms with Crippen LogP contribution in [0.1, 0.15) is 22.9 Å². The molecule has 1 aromatic heterocycles. The molecule has 0 aliphatic carbocycles.